The lowest BCUT2D eigenvalue weighted by atomic mass is 10.2. The lowest BCUT2D eigenvalue weighted by molar-refractivity contribution is 0.497. The third kappa shape index (κ3) is 2.78. The molecule has 1 atom stereocenters. The van der Waals surface area contributed by atoms with Gasteiger partial charge in [0, 0.05) is 29.9 Å². The van der Waals surface area contributed by atoms with E-state index in [-0.39, 0.29) is 11.6 Å². The fraction of sp³-hybridized carbons (Fsp3) is 0.643. The highest BCUT2D eigenvalue weighted by Gasteiger charge is 2.21. The van der Waals surface area contributed by atoms with Crippen LogP contribution in [0.2, 0.25) is 0 Å². The van der Waals surface area contributed by atoms with Gasteiger partial charge in [-0.05, 0) is 39.2 Å². The topological polar surface area (TPSA) is 34.0 Å². The van der Waals surface area contributed by atoms with Crippen molar-refractivity contribution in [3.63, 3.8) is 0 Å². The fourth-order valence-electron chi connectivity index (χ4n) is 2.09. The number of aryl methyl sites for hydroxylation is 1. The molecule has 1 aliphatic rings. The second-order valence-electron chi connectivity index (χ2n) is 5.09. The molecule has 0 spiro atoms. The Labute approximate surface area is 103 Å². The number of hydrogen-bond donors (Lipinski definition) is 1. The van der Waals surface area contributed by atoms with Crippen LogP contribution in [0.15, 0.2) is 16.9 Å². The number of nitrogens with one attached hydrogen (secondary N) is 1. The van der Waals surface area contributed by atoms with Crippen molar-refractivity contribution in [2.75, 3.05) is 0 Å². The van der Waals surface area contributed by atoms with Crippen LogP contribution in [-0.4, -0.2) is 10.6 Å². The van der Waals surface area contributed by atoms with Crippen molar-refractivity contribution in [2.24, 2.45) is 0 Å². The summed E-state index contributed by atoms with van der Waals surface area (Å²) in [6.45, 7) is 6.93. The van der Waals surface area contributed by atoms with Gasteiger partial charge in [0.2, 0.25) is 0 Å². The summed E-state index contributed by atoms with van der Waals surface area (Å²) in [6, 6.07) is 4.94. The van der Waals surface area contributed by atoms with Crippen LogP contribution in [0.4, 0.5) is 0 Å². The zero-order valence-corrected chi connectivity index (χ0v) is 11.0. The van der Waals surface area contributed by atoms with E-state index in [1.165, 1.54) is 12.8 Å². The zero-order chi connectivity index (χ0) is 12.4. The van der Waals surface area contributed by atoms with Crippen LogP contribution >= 0.6 is 0 Å². The number of nitrogens with zero attached hydrogens (tertiary/aromatic N) is 1. The second-order valence-corrected chi connectivity index (χ2v) is 5.09. The minimum atomic E-state index is 0.174. The Balaban J connectivity index is 2.24. The average molecular weight is 234 g/mol. The summed E-state index contributed by atoms with van der Waals surface area (Å²) in [5.41, 5.74) is 2.12. The van der Waals surface area contributed by atoms with Crippen molar-refractivity contribution in [3.05, 3.63) is 33.7 Å². The quantitative estimate of drug-likeness (QED) is 0.848. The van der Waals surface area contributed by atoms with Crippen LogP contribution in [0, 0.1) is 6.92 Å². The van der Waals surface area contributed by atoms with Crippen molar-refractivity contribution < 1.29 is 0 Å². The Bertz CT molecular complexity index is 446. The minimum absolute atomic E-state index is 0.174. The second kappa shape index (κ2) is 5.05. The maximum absolute atomic E-state index is 12.3. The van der Waals surface area contributed by atoms with Crippen LogP contribution in [0.25, 0.3) is 0 Å². The van der Waals surface area contributed by atoms with Crippen molar-refractivity contribution in [1.82, 2.24) is 9.88 Å². The van der Waals surface area contributed by atoms with Gasteiger partial charge in [-0.15, -0.1) is 0 Å². The molecule has 0 saturated heterocycles. The fourth-order valence-corrected chi connectivity index (χ4v) is 2.09. The molecule has 0 radical (unpaired) electrons. The third-order valence-electron chi connectivity index (χ3n) is 3.59. The zero-order valence-electron chi connectivity index (χ0n) is 11.0. The van der Waals surface area contributed by atoms with Gasteiger partial charge in [-0.1, -0.05) is 13.0 Å². The van der Waals surface area contributed by atoms with Gasteiger partial charge >= 0.3 is 0 Å². The predicted octanol–water partition coefficient (Wildman–Crippen LogP) is 2.38. The normalized spacial score (nSPS) is 17.1. The molecule has 1 aromatic heterocycles. The van der Waals surface area contributed by atoms with Crippen molar-refractivity contribution in [3.8, 4) is 0 Å². The molecule has 0 aromatic carbocycles. The monoisotopic (exact) mass is 234 g/mol. The molecule has 1 fully saturated rings. The Hall–Kier alpha value is -1.09. The molecule has 0 bridgehead atoms. The molecule has 1 saturated carbocycles. The Morgan fingerprint density at radius 1 is 1.47 bits per heavy atom. The SMILES string of the molecule is CCC(C)n1c(C)ccc(CNC2CC2)c1=O. The van der Waals surface area contributed by atoms with Crippen molar-refractivity contribution in [2.45, 2.75) is 58.7 Å². The highest BCUT2D eigenvalue weighted by atomic mass is 16.1. The first kappa shape index (κ1) is 12.4. The number of rotatable bonds is 5. The molecule has 1 aromatic rings. The van der Waals surface area contributed by atoms with Gasteiger partial charge < -0.3 is 9.88 Å². The van der Waals surface area contributed by atoms with Crippen LogP contribution in [-0.2, 0) is 6.54 Å². The summed E-state index contributed by atoms with van der Waals surface area (Å²) >= 11 is 0. The first-order chi connectivity index (χ1) is 8.13. The summed E-state index contributed by atoms with van der Waals surface area (Å²) in [4.78, 5) is 12.3. The first-order valence-electron chi connectivity index (χ1n) is 6.58. The van der Waals surface area contributed by atoms with E-state index in [0.717, 1.165) is 17.7 Å². The molecule has 0 amide bonds. The first-order valence-corrected chi connectivity index (χ1v) is 6.58. The molecule has 3 heteroatoms. The largest absolute Gasteiger partial charge is 0.310 e. The summed E-state index contributed by atoms with van der Waals surface area (Å²) in [7, 11) is 0. The molecule has 1 heterocycles. The van der Waals surface area contributed by atoms with Gasteiger partial charge in [-0.25, -0.2) is 0 Å². The maximum atomic E-state index is 12.3. The van der Waals surface area contributed by atoms with Crippen LogP contribution in [0.3, 0.4) is 0 Å². The minimum Gasteiger partial charge on any atom is -0.310 e. The molecule has 1 unspecified atom stereocenters. The van der Waals surface area contributed by atoms with Gasteiger partial charge in [-0.2, -0.15) is 0 Å². The lowest BCUT2D eigenvalue weighted by Crippen LogP contribution is -2.30. The molecule has 94 valence electrons. The highest BCUT2D eigenvalue weighted by molar-refractivity contribution is 5.16. The smallest absolute Gasteiger partial charge is 0.255 e. The van der Waals surface area contributed by atoms with Crippen molar-refractivity contribution >= 4 is 0 Å². The van der Waals surface area contributed by atoms with Crippen LogP contribution < -0.4 is 10.9 Å². The average Bonchev–Trinajstić information content (AvgIpc) is 3.11. The Morgan fingerprint density at radius 3 is 2.76 bits per heavy atom. The summed E-state index contributed by atoms with van der Waals surface area (Å²) in [5, 5.41) is 3.40. The van der Waals surface area contributed by atoms with E-state index in [9.17, 15) is 4.79 Å². The van der Waals surface area contributed by atoms with E-state index in [2.05, 4.69) is 25.2 Å². The number of pyridine rings is 1. The molecular formula is C14H22N2O. The van der Waals surface area contributed by atoms with Crippen molar-refractivity contribution in [1.29, 1.82) is 0 Å². The lowest BCUT2D eigenvalue weighted by Gasteiger charge is -2.17. The van der Waals surface area contributed by atoms with E-state index in [4.69, 9.17) is 0 Å². The van der Waals surface area contributed by atoms with Crippen LogP contribution in [0.1, 0.15) is 50.4 Å². The molecule has 3 nitrogen and oxygen atoms in total. The summed E-state index contributed by atoms with van der Waals surface area (Å²) in [6.07, 6.45) is 3.50. The molecule has 1 aliphatic carbocycles. The van der Waals surface area contributed by atoms with Gasteiger partial charge in [-0.3, -0.25) is 4.79 Å². The Kier molecular flexibility index (Phi) is 3.67. The Morgan fingerprint density at radius 2 is 2.18 bits per heavy atom. The van der Waals surface area contributed by atoms with Gasteiger partial charge in [0.1, 0.15) is 0 Å². The van der Waals surface area contributed by atoms with E-state index < -0.39 is 0 Å². The number of aromatic nitrogens is 1. The molecule has 0 aliphatic heterocycles. The molecular weight excluding hydrogens is 212 g/mol. The predicted molar refractivity (Wildman–Crippen MR) is 70.3 cm³/mol. The molecule has 2 rings (SSSR count). The third-order valence-corrected chi connectivity index (χ3v) is 3.59. The van der Waals surface area contributed by atoms with Crippen LogP contribution in [0.5, 0.6) is 0 Å². The summed E-state index contributed by atoms with van der Waals surface area (Å²) < 4.78 is 1.92. The van der Waals surface area contributed by atoms with E-state index >= 15 is 0 Å². The highest BCUT2D eigenvalue weighted by Crippen LogP contribution is 2.19. The van der Waals surface area contributed by atoms with E-state index in [1.54, 1.807) is 0 Å². The van der Waals surface area contributed by atoms with E-state index in [0.29, 0.717) is 12.6 Å². The number of hydrogen-bond acceptors (Lipinski definition) is 2. The molecule has 17 heavy (non-hydrogen) atoms. The standard InChI is InChI=1S/C14H22N2O/c1-4-10(2)16-11(3)5-6-12(14(16)17)9-15-13-7-8-13/h5-6,10,13,15H,4,7-9H2,1-3H3. The molecule has 1 N–H and O–H groups in total. The van der Waals surface area contributed by atoms with Gasteiger partial charge in [0.15, 0.2) is 0 Å². The summed E-state index contributed by atoms with van der Waals surface area (Å²) in [5.74, 6) is 0. The van der Waals surface area contributed by atoms with E-state index in [1.807, 2.05) is 17.6 Å². The maximum Gasteiger partial charge on any atom is 0.255 e. The van der Waals surface area contributed by atoms with Gasteiger partial charge in [0.25, 0.3) is 5.56 Å². The van der Waals surface area contributed by atoms with Gasteiger partial charge in [0.05, 0.1) is 0 Å².